The van der Waals surface area contributed by atoms with Gasteiger partial charge in [0.1, 0.15) is 12.2 Å². The van der Waals surface area contributed by atoms with E-state index >= 15 is 0 Å². The molecule has 0 aliphatic carbocycles. The Balaban J connectivity index is 2.20. The van der Waals surface area contributed by atoms with Crippen LogP contribution >= 0.6 is 0 Å². The molecule has 2 N–H and O–H groups in total. The van der Waals surface area contributed by atoms with Crippen LogP contribution in [0.15, 0.2) is 15.8 Å². The molecule has 1 aliphatic heterocycles. The van der Waals surface area contributed by atoms with Crippen molar-refractivity contribution in [2.45, 2.75) is 6.54 Å². The van der Waals surface area contributed by atoms with Gasteiger partial charge in [0, 0.05) is 39.4 Å². The second-order valence-corrected chi connectivity index (χ2v) is 5.05. The summed E-state index contributed by atoms with van der Waals surface area (Å²) >= 11 is 0. The van der Waals surface area contributed by atoms with Crippen molar-refractivity contribution in [3.05, 3.63) is 27.0 Å². The van der Waals surface area contributed by atoms with Gasteiger partial charge in [-0.15, -0.1) is 0 Å². The molecule has 0 spiro atoms. The van der Waals surface area contributed by atoms with Gasteiger partial charge in [-0.3, -0.25) is 9.59 Å². The van der Waals surface area contributed by atoms with Crippen molar-refractivity contribution in [3.63, 3.8) is 0 Å². The number of aryl methyl sites for hydroxylation is 1. The fourth-order valence-electron chi connectivity index (χ4n) is 2.18. The topological polar surface area (TPSA) is 93.6 Å². The molecular weight excluding hydrogens is 262 g/mol. The van der Waals surface area contributed by atoms with Crippen LogP contribution in [0.2, 0.25) is 0 Å². The van der Waals surface area contributed by atoms with Gasteiger partial charge in [0.25, 0.3) is 5.56 Å². The van der Waals surface area contributed by atoms with Gasteiger partial charge in [0.15, 0.2) is 0 Å². The van der Waals surface area contributed by atoms with Crippen molar-refractivity contribution in [2.24, 2.45) is 7.05 Å². The summed E-state index contributed by atoms with van der Waals surface area (Å²) in [6.45, 7) is 2.52. The summed E-state index contributed by atoms with van der Waals surface area (Å²) in [6.07, 6.45) is 1.27. The smallest absolute Gasteiger partial charge is 0.331 e. The monoisotopic (exact) mass is 281 g/mol. The molecule has 2 rings (SSSR count). The molecule has 8 nitrogen and oxygen atoms in total. The van der Waals surface area contributed by atoms with Gasteiger partial charge >= 0.3 is 5.69 Å². The largest absolute Gasteiger partial charge is 0.393 e. The lowest BCUT2D eigenvalue weighted by Gasteiger charge is -2.32. The minimum atomic E-state index is -0.615. The van der Waals surface area contributed by atoms with Gasteiger partial charge in [0.2, 0.25) is 5.91 Å². The van der Waals surface area contributed by atoms with Gasteiger partial charge in [-0.25, -0.2) is 9.36 Å². The molecule has 1 aliphatic rings. The maximum absolute atomic E-state index is 12.2. The Morgan fingerprint density at radius 1 is 1.20 bits per heavy atom. The van der Waals surface area contributed by atoms with Crippen LogP contribution in [0.25, 0.3) is 0 Å². The number of piperazine rings is 1. The maximum atomic E-state index is 12.2. The van der Waals surface area contributed by atoms with E-state index in [2.05, 4.69) is 4.90 Å². The third kappa shape index (κ3) is 2.74. The minimum Gasteiger partial charge on any atom is -0.393 e. The number of rotatable bonds is 2. The average Bonchev–Trinajstić information content (AvgIpc) is 2.42. The van der Waals surface area contributed by atoms with E-state index in [1.807, 2.05) is 7.05 Å². The zero-order chi connectivity index (χ0) is 14.9. The van der Waals surface area contributed by atoms with E-state index in [4.69, 9.17) is 5.73 Å². The van der Waals surface area contributed by atoms with E-state index in [1.165, 1.54) is 17.8 Å². The predicted molar refractivity (Wildman–Crippen MR) is 74.4 cm³/mol. The van der Waals surface area contributed by atoms with Gasteiger partial charge < -0.3 is 20.1 Å². The molecule has 0 saturated carbocycles. The fourth-order valence-corrected chi connectivity index (χ4v) is 2.18. The molecule has 1 aromatic rings. The number of amides is 1. The molecule has 0 aromatic carbocycles. The Kier molecular flexibility index (Phi) is 3.93. The van der Waals surface area contributed by atoms with Gasteiger partial charge in [-0.2, -0.15) is 0 Å². The quantitative estimate of drug-likeness (QED) is 0.670. The molecular formula is C12H19N5O3. The molecule has 0 bridgehead atoms. The number of hydrogen-bond donors (Lipinski definition) is 1. The number of hydrogen-bond acceptors (Lipinski definition) is 5. The number of nitrogens with zero attached hydrogens (tertiary/aromatic N) is 4. The number of anilines is 1. The molecule has 110 valence electrons. The molecule has 2 heterocycles. The number of nitrogens with two attached hydrogens (primary N) is 1. The number of carbonyl (C=O) groups excluding carboxylic acids is 1. The highest BCUT2D eigenvalue weighted by molar-refractivity contribution is 5.76. The van der Waals surface area contributed by atoms with E-state index in [9.17, 15) is 14.4 Å². The number of likely N-dealkylation sites (N-methyl/N-ethyl adjacent to an activating group) is 1. The van der Waals surface area contributed by atoms with Gasteiger partial charge in [0.05, 0.1) is 0 Å². The maximum Gasteiger partial charge on any atom is 0.331 e. The SMILES string of the molecule is CN1CCN(C(=O)Cn2c(=O)c(N)cn(C)c2=O)CC1. The lowest BCUT2D eigenvalue weighted by molar-refractivity contribution is -0.133. The van der Waals surface area contributed by atoms with E-state index in [-0.39, 0.29) is 18.1 Å². The van der Waals surface area contributed by atoms with E-state index < -0.39 is 11.2 Å². The van der Waals surface area contributed by atoms with Crippen molar-refractivity contribution in [2.75, 3.05) is 39.0 Å². The summed E-state index contributed by atoms with van der Waals surface area (Å²) in [6, 6.07) is 0. The Morgan fingerprint density at radius 3 is 2.40 bits per heavy atom. The second kappa shape index (κ2) is 5.49. The average molecular weight is 281 g/mol. The van der Waals surface area contributed by atoms with E-state index in [1.54, 1.807) is 4.90 Å². The molecule has 0 radical (unpaired) electrons. The van der Waals surface area contributed by atoms with Crippen molar-refractivity contribution < 1.29 is 4.79 Å². The Bertz CT molecular complexity index is 591. The molecule has 0 atom stereocenters. The highest BCUT2D eigenvalue weighted by Crippen LogP contribution is 2.00. The first kappa shape index (κ1) is 14.3. The highest BCUT2D eigenvalue weighted by Gasteiger charge is 2.20. The first-order valence-corrected chi connectivity index (χ1v) is 6.42. The Morgan fingerprint density at radius 2 is 1.80 bits per heavy atom. The van der Waals surface area contributed by atoms with Crippen molar-refractivity contribution >= 4 is 11.6 Å². The van der Waals surface area contributed by atoms with Crippen LogP contribution in [0.1, 0.15) is 0 Å². The molecule has 1 amide bonds. The Labute approximate surface area is 116 Å². The standard InChI is InChI=1S/C12H19N5O3/c1-14-3-5-16(6-4-14)10(18)8-17-11(19)9(13)7-15(2)12(17)20/h7H,3-6,8,13H2,1-2H3. The third-order valence-corrected chi connectivity index (χ3v) is 3.51. The van der Waals surface area contributed by atoms with Crippen molar-refractivity contribution in [1.82, 2.24) is 18.9 Å². The molecule has 8 heteroatoms. The lowest BCUT2D eigenvalue weighted by atomic mass is 10.3. The molecule has 1 aromatic heterocycles. The summed E-state index contributed by atoms with van der Waals surface area (Å²) in [5.41, 5.74) is 4.34. The number of aromatic nitrogens is 2. The summed E-state index contributed by atoms with van der Waals surface area (Å²) in [7, 11) is 3.48. The number of carbonyl (C=O) groups is 1. The molecule has 1 fully saturated rings. The summed E-state index contributed by atoms with van der Waals surface area (Å²) in [4.78, 5) is 39.7. The van der Waals surface area contributed by atoms with Crippen LogP contribution in [0.5, 0.6) is 0 Å². The van der Waals surface area contributed by atoms with E-state index in [0.717, 1.165) is 17.7 Å². The van der Waals surface area contributed by atoms with Crippen LogP contribution in [-0.4, -0.2) is 58.1 Å². The summed E-state index contributed by atoms with van der Waals surface area (Å²) < 4.78 is 2.09. The van der Waals surface area contributed by atoms with Crippen LogP contribution in [0.4, 0.5) is 5.69 Å². The zero-order valence-electron chi connectivity index (χ0n) is 11.7. The predicted octanol–water partition coefficient (Wildman–Crippen LogP) is -2.10. The third-order valence-electron chi connectivity index (χ3n) is 3.51. The first-order chi connectivity index (χ1) is 9.40. The first-order valence-electron chi connectivity index (χ1n) is 6.42. The number of nitrogen functional groups attached to an aromatic ring is 1. The van der Waals surface area contributed by atoms with Crippen molar-refractivity contribution in [3.8, 4) is 0 Å². The summed E-state index contributed by atoms with van der Waals surface area (Å²) in [5, 5.41) is 0. The Hall–Kier alpha value is -2.09. The van der Waals surface area contributed by atoms with Gasteiger partial charge in [-0.05, 0) is 7.05 Å². The highest BCUT2D eigenvalue weighted by atomic mass is 16.2. The molecule has 0 unspecified atom stereocenters. The van der Waals surface area contributed by atoms with Gasteiger partial charge in [-0.1, -0.05) is 0 Å². The lowest BCUT2D eigenvalue weighted by Crippen LogP contribution is -2.50. The van der Waals surface area contributed by atoms with Crippen LogP contribution < -0.4 is 17.0 Å². The van der Waals surface area contributed by atoms with Crippen LogP contribution in [-0.2, 0) is 18.4 Å². The second-order valence-electron chi connectivity index (χ2n) is 5.05. The van der Waals surface area contributed by atoms with Crippen LogP contribution in [0.3, 0.4) is 0 Å². The van der Waals surface area contributed by atoms with E-state index in [0.29, 0.717) is 13.1 Å². The van der Waals surface area contributed by atoms with Crippen LogP contribution in [0, 0.1) is 0 Å². The summed E-state index contributed by atoms with van der Waals surface area (Å²) in [5.74, 6) is -0.233. The normalized spacial score (nSPS) is 16.4. The van der Waals surface area contributed by atoms with Crippen molar-refractivity contribution in [1.29, 1.82) is 0 Å². The molecule has 20 heavy (non-hydrogen) atoms. The minimum absolute atomic E-state index is 0.0433. The molecule has 1 saturated heterocycles. The fraction of sp³-hybridized carbons (Fsp3) is 0.583. The zero-order valence-corrected chi connectivity index (χ0v) is 11.7.